The molecule has 15 heavy (non-hydrogen) atoms. The highest BCUT2D eigenvalue weighted by molar-refractivity contribution is 5.25. The lowest BCUT2D eigenvalue weighted by Gasteiger charge is -2.25. The third kappa shape index (κ3) is 2.46. The summed E-state index contributed by atoms with van der Waals surface area (Å²) in [6, 6.07) is 0. The van der Waals surface area contributed by atoms with Gasteiger partial charge in [-0.15, -0.1) is 0 Å². The zero-order valence-electron chi connectivity index (χ0n) is 8.75. The number of nitrogens with two attached hydrogens (primary N) is 1. The Hall–Kier alpha value is -1.12. The zero-order chi connectivity index (χ0) is 10.5. The molecule has 0 atom stereocenters. The van der Waals surface area contributed by atoms with Crippen LogP contribution in [0.3, 0.4) is 0 Å². The van der Waals surface area contributed by atoms with Crippen molar-refractivity contribution in [3.8, 4) is 0 Å². The molecule has 0 fully saturated rings. The predicted molar refractivity (Wildman–Crippen MR) is 62.3 cm³/mol. The SMILES string of the molecule is NCCOC(C1C=CC=C1)C1C=CC=C1. The third-order valence-electron chi connectivity index (χ3n) is 2.74. The summed E-state index contributed by atoms with van der Waals surface area (Å²) in [5.41, 5.74) is 5.48. The van der Waals surface area contributed by atoms with E-state index in [1.165, 1.54) is 0 Å². The van der Waals surface area contributed by atoms with Gasteiger partial charge >= 0.3 is 0 Å². The van der Waals surface area contributed by atoms with Crippen LogP contribution < -0.4 is 5.73 Å². The molecule has 0 unspecified atom stereocenters. The summed E-state index contributed by atoms with van der Waals surface area (Å²) in [6.45, 7) is 1.21. The quantitative estimate of drug-likeness (QED) is 0.739. The molecular weight excluding hydrogens is 186 g/mol. The normalized spacial score (nSPS) is 20.1. The van der Waals surface area contributed by atoms with Crippen LogP contribution in [-0.4, -0.2) is 19.3 Å². The Morgan fingerprint density at radius 1 is 0.933 bits per heavy atom. The second-order valence-corrected chi connectivity index (χ2v) is 3.82. The van der Waals surface area contributed by atoms with Gasteiger partial charge < -0.3 is 10.5 Å². The lowest BCUT2D eigenvalue weighted by atomic mass is 9.92. The molecule has 0 amide bonds. The number of rotatable bonds is 5. The van der Waals surface area contributed by atoms with Crippen molar-refractivity contribution in [1.82, 2.24) is 0 Å². The average Bonchev–Trinajstić information content (AvgIpc) is 2.90. The van der Waals surface area contributed by atoms with E-state index < -0.39 is 0 Å². The fourth-order valence-corrected chi connectivity index (χ4v) is 2.02. The molecule has 0 aromatic rings. The topological polar surface area (TPSA) is 35.2 Å². The molecule has 0 radical (unpaired) electrons. The summed E-state index contributed by atoms with van der Waals surface area (Å²) in [7, 11) is 0. The minimum absolute atomic E-state index is 0.193. The molecule has 0 aliphatic heterocycles. The lowest BCUT2D eigenvalue weighted by molar-refractivity contribution is 0.0259. The Bertz CT molecular complexity index is 262. The van der Waals surface area contributed by atoms with E-state index in [9.17, 15) is 0 Å². The highest BCUT2D eigenvalue weighted by atomic mass is 16.5. The van der Waals surface area contributed by atoms with Gasteiger partial charge in [0.05, 0.1) is 12.7 Å². The minimum atomic E-state index is 0.193. The largest absolute Gasteiger partial charge is 0.375 e. The first-order valence-corrected chi connectivity index (χ1v) is 5.43. The second kappa shape index (κ2) is 5.10. The van der Waals surface area contributed by atoms with E-state index in [-0.39, 0.29) is 6.10 Å². The molecule has 0 aromatic heterocycles. The van der Waals surface area contributed by atoms with Crippen molar-refractivity contribution >= 4 is 0 Å². The number of ether oxygens (including phenoxy) is 1. The van der Waals surface area contributed by atoms with Gasteiger partial charge in [-0.25, -0.2) is 0 Å². The molecule has 2 heteroatoms. The van der Waals surface area contributed by atoms with Crippen molar-refractivity contribution in [2.45, 2.75) is 6.10 Å². The first-order valence-electron chi connectivity index (χ1n) is 5.43. The third-order valence-corrected chi connectivity index (χ3v) is 2.74. The number of hydrogen-bond acceptors (Lipinski definition) is 2. The van der Waals surface area contributed by atoms with E-state index in [0.717, 1.165) is 0 Å². The maximum Gasteiger partial charge on any atom is 0.0770 e. The van der Waals surface area contributed by atoms with Crippen molar-refractivity contribution < 1.29 is 4.74 Å². The predicted octanol–water partition coefficient (Wildman–Crippen LogP) is 1.81. The van der Waals surface area contributed by atoms with Crippen molar-refractivity contribution in [3.63, 3.8) is 0 Å². The Balaban J connectivity index is 2.01. The fraction of sp³-hybridized carbons (Fsp3) is 0.385. The summed E-state index contributed by atoms with van der Waals surface area (Å²) < 4.78 is 5.83. The first kappa shape index (κ1) is 10.4. The van der Waals surface area contributed by atoms with Gasteiger partial charge in [-0.3, -0.25) is 0 Å². The van der Waals surface area contributed by atoms with Gasteiger partial charge in [0.2, 0.25) is 0 Å². The van der Waals surface area contributed by atoms with Crippen LogP contribution in [0.5, 0.6) is 0 Å². The Labute approximate surface area is 90.8 Å². The molecule has 0 saturated carbocycles. The summed E-state index contributed by atoms with van der Waals surface area (Å²) in [5.74, 6) is 0.767. The van der Waals surface area contributed by atoms with E-state index in [1.807, 2.05) is 0 Å². The van der Waals surface area contributed by atoms with Crippen molar-refractivity contribution in [2.75, 3.05) is 13.2 Å². The van der Waals surface area contributed by atoms with Crippen molar-refractivity contribution in [1.29, 1.82) is 0 Å². The van der Waals surface area contributed by atoms with Crippen LogP contribution in [-0.2, 0) is 4.74 Å². The van der Waals surface area contributed by atoms with Gasteiger partial charge in [-0.2, -0.15) is 0 Å². The standard InChI is InChI=1S/C13H17NO/c14-9-10-15-13(11-5-1-2-6-11)12-7-3-4-8-12/h1-8,11-13H,9-10,14H2. The molecule has 0 bridgehead atoms. The molecule has 0 saturated heterocycles. The van der Waals surface area contributed by atoms with Crippen molar-refractivity contribution in [2.24, 2.45) is 17.6 Å². The maximum atomic E-state index is 5.83. The van der Waals surface area contributed by atoms with Gasteiger partial charge in [0, 0.05) is 18.4 Å². The minimum Gasteiger partial charge on any atom is -0.375 e. The van der Waals surface area contributed by atoms with E-state index >= 15 is 0 Å². The van der Waals surface area contributed by atoms with E-state index in [2.05, 4.69) is 48.6 Å². The molecule has 0 heterocycles. The smallest absolute Gasteiger partial charge is 0.0770 e. The maximum absolute atomic E-state index is 5.83. The fourth-order valence-electron chi connectivity index (χ4n) is 2.02. The Morgan fingerprint density at radius 2 is 1.40 bits per heavy atom. The van der Waals surface area contributed by atoms with Gasteiger partial charge in [-0.05, 0) is 0 Å². The van der Waals surface area contributed by atoms with Gasteiger partial charge in [-0.1, -0.05) is 48.6 Å². The Kier molecular flexibility index (Phi) is 3.54. The van der Waals surface area contributed by atoms with Gasteiger partial charge in [0.25, 0.3) is 0 Å². The van der Waals surface area contributed by atoms with E-state index in [1.54, 1.807) is 0 Å². The summed E-state index contributed by atoms with van der Waals surface area (Å²) in [6.07, 6.45) is 17.2. The molecular formula is C13H17NO. The molecule has 2 nitrogen and oxygen atoms in total. The molecule has 80 valence electrons. The van der Waals surface area contributed by atoms with Gasteiger partial charge in [0.1, 0.15) is 0 Å². The zero-order valence-corrected chi connectivity index (χ0v) is 8.75. The Morgan fingerprint density at radius 3 is 1.80 bits per heavy atom. The highest BCUT2D eigenvalue weighted by Crippen LogP contribution is 2.27. The molecule has 2 aliphatic rings. The van der Waals surface area contributed by atoms with Crippen LogP contribution in [0, 0.1) is 11.8 Å². The van der Waals surface area contributed by atoms with E-state index in [0.29, 0.717) is 25.0 Å². The van der Waals surface area contributed by atoms with Crippen molar-refractivity contribution in [3.05, 3.63) is 48.6 Å². The number of hydrogen-bond donors (Lipinski definition) is 1. The highest BCUT2D eigenvalue weighted by Gasteiger charge is 2.25. The van der Waals surface area contributed by atoms with E-state index in [4.69, 9.17) is 10.5 Å². The summed E-state index contributed by atoms with van der Waals surface area (Å²) in [4.78, 5) is 0. The van der Waals surface area contributed by atoms with Crippen LogP contribution in [0.2, 0.25) is 0 Å². The molecule has 2 N–H and O–H groups in total. The lowest BCUT2D eigenvalue weighted by Crippen LogP contribution is -2.29. The number of allylic oxidation sites excluding steroid dienone is 4. The van der Waals surface area contributed by atoms with Crippen LogP contribution >= 0.6 is 0 Å². The average molecular weight is 203 g/mol. The summed E-state index contributed by atoms with van der Waals surface area (Å²) >= 11 is 0. The van der Waals surface area contributed by atoms with Gasteiger partial charge in [0.15, 0.2) is 0 Å². The van der Waals surface area contributed by atoms with Crippen LogP contribution in [0.25, 0.3) is 0 Å². The second-order valence-electron chi connectivity index (χ2n) is 3.82. The monoisotopic (exact) mass is 203 g/mol. The summed E-state index contributed by atoms with van der Waals surface area (Å²) in [5, 5.41) is 0. The molecule has 2 aliphatic carbocycles. The molecule has 0 spiro atoms. The van der Waals surface area contributed by atoms with Crippen LogP contribution in [0.15, 0.2) is 48.6 Å². The van der Waals surface area contributed by atoms with Crippen LogP contribution in [0.4, 0.5) is 0 Å². The first-order chi connectivity index (χ1) is 7.42. The molecule has 2 rings (SSSR count). The molecule has 0 aromatic carbocycles. The van der Waals surface area contributed by atoms with Crippen LogP contribution in [0.1, 0.15) is 0 Å².